The number of carbonyl (C=O) groups excluding carboxylic acids is 4. The molecule has 2 aromatic rings. The van der Waals surface area contributed by atoms with Gasteiger partial charge in [0.2, 0.25) is 5.91 Å². The number of nitrogens with one attached hydrogen (secondary N) is 2. The van der Waals surface area contributed by atoms with Gasteiger partial charge in [0.05, 0.1) is 18.7 Å². The van der Waals surface area contributed by atoms with Crippen LogP contribution in [0, 0.1) is 5.92 Å². The van der Waals surface area contributed by atoms with Crippen molar-refractivity contribution >= 4 is 23.9 Å². The van der Waals surface area contributed by atoms with Crippen LogP contribution in [0.1, 0.15) is 44.2 Å². The van der Waals surface area contributed by atoms with Crippen LogP contribution in [-0.4, -0.2) is 84.6 Å². The first-order valence-electron chi connectivity index (χ1n) is 14.8. The first-order chi connectivity index (χ1) is 20.3. The summed E-state index contributed by atoms with van der Waals surface area (Å²) in [6, 6.07) is 16.4. The van der Waals surface area contributed by atoms with Crippen molar-refractivity contribution in [1.29, 1.82) is 0 Å². The van der Waals surface area contributed by atoms with Gasteiger partial charge in [-0.1, -0.05) is 60.7 Å². The van der Waals surface area contributed by atoms with Crippen molar-refractivity contribution in [2.24, 2.45) is 5.92 Å². The number of ether oxygens (including phenoxy) is 2. The van der Waals surface area contributed by atoms with Crippen molar-refractivity contribution in [3.63, 3.8) is 0 Å². The third-order valence-corrected chi connectivity index (χ3v) is 8.15. The van der Waals surface area contributed by atoms with Crippen LogP contribution in [0.25, 0.3) is 0 Å². The highest BCUT2D eigenvalue weighted by atomic mass is 16.5. The number of piperidine rings is 1. The zero-order chi connectivity index (χ0) is 30.1. The van der Waals surface area contributed by atoms with Crippen LogP contribution < -0.4 is 10.6 Å². The Morgan fingerprint density at radius 3 is 2.29 bits per heavy atom. The molecule has 10 heteroatoms. The molecular weight excluding hydrogens is 536 g/mol. The SMILES string of the molecule is CCOC(=O)[C@@H](CCc1ccccc1)N[C@@H](C)C(=O)N1[C@H](C(=O)OCc2ccccc2)C[C@H]2CCN(C(=O)NC)C[C@@H]21. The summed E-state index contributed by atoms with van der Waals surface area (Å²) in [5, 5.41) is 5.86. The molecule has 2 saturated heterocycles. The number of urea groups is 1. The zero-order valence-electron chi connectivity index (χ0n) is 24.7. The number of carbonyl (C=O) groups is 4. The summed E-state index contributed by atoms with van der Waals surface area (Å²) < 4.78 is 11.0. The molecule has 0 unspecified atom stereocenters. The number of likely N-dealkylation sites (tertiary alicyclic amines) is 2. The van der Waals surface area contributed by atoms with Crippen molar-refractivity contribution in [2.75, 3.05) is 26.7 Å². The molecule has 2 aromatic carbocycles. The smallest absolute Gasteiger partial charge is 0.329 e. The number of fused-ring (bicyclic) bond motifs is 1. The molecule has 0 aromatic heterocycles. The first kappa shape index (κ1) is 31.0. The Hall–Kier alpha value is -3.92. The van der Waals surface area contributed by atoms with E-state index in [-0.39, 0.29) is 37.1 Å². The molecule has 2 fully saturated rings. The van der Waals surface area contributed by atoms with Crippen molar-refractivity contribution in [3.8, 4) is 0 Å². The number of hydrogen-bond donors (Lipinski definition) is 2. The third kappa shape index (κ3) is 7.67. The molecule has 226 valence electrons. The molecule has 2 aliphatic heterocycles. The molecule has 0 saturated carbocycles. The quantitative estimate of drug-likeness (QED) is 0.394. The van der Waals surface area contributed by atoms with Crippen LogP contribution in [0.2, 0.25) is 0 Å². The maximum atomic E-state index is 14.1. The fourth-order valence-corrected chi connectivity index (χ4v) is 5.96. The minimum absolute atomic E-state index is 0.0512. The zero-order valence-corrected chi connectivity index (χ0v) is 24.7. The normalized spacial score (nSPS) is 21.2. The third-order valence-electron chi connectivity index (χ3n) is 8.15. The van der Waals surface area contributed by atoms with Gasteiger partial charge in [0.1, 0.15) is 18.7 Å². The Morgan fingerprint density at radius 1 is 0.976 bits per heavy atom. The second kappa shape index (κ2) is 14.8. The van der Waals surface area contributed by atoms with Crippen LogP contribution in [0.3, 0.4) is 0 Å². The first-order valence-corrected chi connectivity index (χ1v) is 14.8. The Labute approximate surface area is 247 Å². The summed E-state index contributed by atoms with van der Waals surface area (Å²) in [4.78, 5) is 56.2. The Kier molecular flexibility index (Phi) is 10.9. The van der Waals surface area contributed by atoms with E-state index in [2.05, 4.69) is 10.6 Å². The second-order valence-corrected chi connectivity index (χ2v) is 10.9. The van der Waals surface area contributed by atoms with Crippen LogP contribution in [-0.2, 0) is 36.9 Å². The maximum Gasteiger partial charge on any atom is 0.329 e. The molecule has 0 aliphatic carbocycles. The van der Waals surface area contributed by atoms with Crippen molar-refractivity contribution < 1.29 is 28.7 Å². The predicted octanol–water partition coefficient (Wildman–Crippen LogP) is 2.90. The van der Waals surface area contributed by atoms with Gasteiger partial charge < -0.3 is 24.6 Å². The minimum atomic E-state index is -0.784. The number of rotatable bonds is 11. The molecule has 2 heterocycles. The molecule has 2 N–H and O–H groups in total. The molecule has 10 nitrogen and oxygen atoms in total. The van der Waals surface area contributed by atoms with Gasteiger partial charge in [-0.2, -0.15) is 0 Å². The summed E-state index contributed by atoms with van der Waals surface area (Å²) in [6.07, 6.45) is 2.21. The number of hydrogen-bond acceptors (Lipinski definition) is 7. The van der Waals surface area contributed by atoms with E-state index in [0.717, 1.165) is 11.1 Å². The van der Waals surface area contributed by atoms with Gasteiger partial charge in [-0.25, -0.2) is 9.59 Å². The second-order valence-electron chi connectivity index (χ2n) is 10.9. The van der Waals surface area contributed by atoms with Gasteiger partial charge in [0, 0.05) is 20.1 Å². The molecule has 3 amide bonds. The molecule has 0 spiro atoms. The molecule has 42 heavy (non-hydrogen) atoms. The van der Waals surface area contributed by atoms with Gasteiger partial charge in [-0.05, 0) is 56.6 Å². The largest absolute Gasteiger partial charge is 0.465 e. The Bertz CT molecular complexity index is 1210. The van der Waals surface area contributed by atoms with Crippen LogP contribution in [0.4, 0.5) is 4.79 Å². The summed E-state index contributed by atoms with van der Waals surface area (Å²) in [7, 11) is 1.58. The maximum absolute atomic E-state index is 14.1. The summed E-state index contributed by atoms with van der Waals surface area (Å²) in [5.74, 6) is -1.15. The summed E-state index contributed by atoms with van der Waals surface area (Å²) in [6.45, 7) is 4.66. The fraction of sp³-hybridized carbons (Fsp3) is 0.500. The molecule has 4 rings (SSSR count). The van der Waals surface area contributed by atoms with Gasteiger partial charge in [0.15, 0.2) is 0 Å². The van der Waals surface area contributed by atoms with Gasteiger partial charge in [0.25, 0.3) is 0 Å². The molecule has 5 atom stereocenters. The molecule has 2 aliphatic rings. The molecule has 0 radical (unpaired) electrons. The van der Waals surface area contributed by atoms with E-state index in [4.69, 9.17) is 9.47 Å². The van der Waals surface area contributed by atoms with E-state index >= 15 is 0 Å². The lowest BCUT2D eigenvalue weighted by Crippen LogP contribution is -2.59. The summed E-state index contributed by atoms with van der Waals surface area (Å²) in [5.41, 5.74) is 1.93. The fourth-order valence-electron chi connectivity index (χ4n) is 5.96. The number of benzene rings is 2. The lowest BCUT2D eigenvalue weighted by molar-refractivity contribution is -0.157. The lowest BCUT2D eigenvalue weighted by Gasteiger charge is -2.40. The van der Waals surface area contributed by atoms with E-state index in [1.165, 1.54) is 0 Å². The molecular formula is C32H42N4O6. The number of amides is 3. The van der Waals surface area contributed by atoms with E-state index < -0.39 is 30.1 Å². The van der Waals surface area contributed by atoms with Crippen molar-refractivity contribution in [3.05, 3.63) is 71.8 Å². The number of aryl methyl sites for hydroxylation is 1. The van der Waals surface area contributed by atoms with Crippen molar-refractivity contribution in [1.82, 2.24) is 20.4 Å². The van der Waals surface area contributed by atoms with Gasteiger partial charge in [-0.15, -0.1) is 0 Å². The lowest BCUT2D eigenvalue weighted by atomic mass is 9.91. The van der Waals surface area contributed by atoms with E-state index in [1.807, 2.05) is 60.7 Å². The van der Waals surface area contributed by atoms with Gasteiger partial charge in [-0.3, -0.25) is 14.9 Å². The Morgan fingerprint density at radius 2 is 1.64 bits per heavy atom. The van der Waals surface area contributed by atoms with Crippen LogP contribution in [0.5, 0.6) is 0 Å². The van der Waals surface area contributed by atoms with Crippen LogP contribution >= 0.6 is 0 Å². The average molecular weight is 579 g/mol. The van der Waals surface area contributed by atoms with E-state index in [9.17, 15) is 19.2 Å². The standard InChI is InChI=1S/C32H42N4O6/c1-4-41-30(38)26(16-15-23-11-7-5-8-12-23)34-22(2)29(37)36-27(31(39)42-21-24-13-9-6-10-14-24)19-25-17-18-35(20-28(25)36)32(40)33-3/h5-14,22,25-28,34H,4,15-21H2,1-3H3,(H,33,40)/t22-,25+,26+,27-,28-/m0/s1. The monoisotopic (exact) mass is 578 g/mol. The van der Waals surface area contributed by atoms with E-state index in [0.29, 0.717) is 38.8 Å². The average Bonchev–Trinajstić information content (AvgIpc) is 3.41. The highest BCUT2D eigenvalue weighted by Gasteiger charge is 2.51. The summed E-state index contributed by atoms with van der Waals surface area (Å²) >= 11 is 0. The predicted molar refractivity (Wildman–Crippen MR) is 157 cm³/mol. The van der Waals surface area contributed by atoms with E-state index in [1.54, 1.807) is 30.7 Å². The number of esters is 2. The molecule has 0 bridgehead atoms. The number of nitrogens with zero attached hydrogens (tertiary/aromatic N) is 2. The van der Waals surface area contributed by atoms with Crippen LogP contribution in [0.15, 0.2) is 60.7 Å². The highest BCUT2D eigenvalue weighted by Crippen LogP contribution is 2.37. The minimum Gasteiger partial charge on any atom is -0.465 e. The highest BCUT2D eigenvalue weighted by molar-refractivity contribution is 5.89. The Balaban J connectivity index is 1.51. The van der Waals surface area contributed by atoms with Crippen molar-refractivity contribution in [2.45, 2.75) is 70.3 Å². The van der Waals surface area contributed by atoms with Gasteiger partial charge >= 0.3 is 18.0 Å². The topological polar surface area (TPSA) is 117 Å².